The standard InChI is InChI=1S/C33H39FN4O4/c1-4-31(39)38-17-16-37(20-23(38)3)21-30(26-11-10-22(2)28(34)19-26)42-27-14-12-25(13-15-27)33(41)36-29(32(35)40)18-24-8-6-5-7-9-24/h5-15,19,23,29-30H,4,16-18,20-21H2,1-3H3,(H2,35,40)(H,36,41)/t23-,29+,30+/m1/s1. The van der Waals surface area contributed by atoms with Gasteiger partial charge in [-0.25, -0.2) is 4.39 Å². The van der Waals surface area contributed by atoms with E-state index in [1.165, 1.54) is 6.07 Å². The number of hydrogen-bond donors (Lipinski definition) is 2. The number of halogens is 1. The summed E-state index contributed by atoms with van der Waals surface area (Å²) in [6, 6.07) is 20.3. The third kappa shape index (κ3) is 7.94. The number of nitrogens with two attached hydrogens (primary N) is 1. The molecule has 8 nitrogen and oxygen atoms in total. The average Bonchev–Trinajstić information content (AvgIpc) is 2.98. The Hall–Kier alpha value is -4.24. The van der Waals surface area contributed by atoms with Crippen molar-refractivity contribution >= 4 is 17.7 Å². The molecule has 0 bridgehead atoms. The van der Waals surface area contributed by atoms with Crippen LogP contribution < -0.4 is 15.8 Å². The van der Waals surface area contributed by atoms with Crippen LogP contribution in [-0.4, -0.2) is 65.8 Å². The van der Waals surface area contributed by atoms with E-state index in [2.05, 4.69) is 10.2 Å². The van der Waals surface area contributed by atoms with Gasteiger partial charge in [-0.05, 0) is 60.9 Å². The van der Waals surface area contributed by atoms with Crippen molar-refractivity contribution in [1.29, 1.82) is 0 Å². The fraction of sp³-hybridized carbons (Fsp3) is 0.364. The van der Waals surface area contributed by atoms with Gasteiger partial charge in [-0.1, -0.05) is 49.4 Å². The topological polar surface area (TPSA) is 105 Å². The number of nitrogens with one attached hydrogen (secondary N) is 1. The average molecular weight is 575 g/mol. The summed E-state index contributed by atoms with van der Waals surface area (Å²) in [5, 5.41) is 2.72. The maximum atomic E-state index is 14.5. The number of rotatable bonds is 11. The molecule has 4 rings (SSSR count). The second-order valence-corrected chi connectivity index (χ2v) is 10.8. The molecular weight excluding hydrogens is 535 g/mol. The lowest BCUT2D eigenvalue weighted by Gasteiger charge is -2.41. The van der Waals surface area contributed by atoms with E-state index >= 15 is 0 Å². The van der Waals surface area contributed by atoms with Gasteiger partial charge in [0.25, 0.3) is 5.91 Å². The number of ether oxygens (including phenoxy) is 1. The lowest BCUT2D eigenvalue weighted by atomic mass is 10.0. The molecule has 3 aromatic carbocycles. The first-order chi connectivity index (χ1) is 20.1. The van der Waals surface area contributed by atoms with Gasteiger partial charge in [0.1, 0.15) is 23.7 Å². The number of piperazine rings is 1. The van der Waals surface area contributed by atoms with Crippen molar-refractivity contribution in [3.63, 3.8) is 0 Å². The monoisotopic (exact) mass is 574 g/mol. The molecule has 1 aliphatic heterocycles. The zero-order valence-corrected chi connectivity index (χ0v) is 24.4. The molecule has 3 atom stereocenters. The highest BCUT2D eigenvalue weighted by molar-refractivity contribution is 5.97. The Balaban J connectivity index is 1.46. The van der Waals surface area contributed by atoms with Gasteiger partial charge >= 0.3 is 0 Å². The second kappa shape index (κ2) is 14.1. The van der Waals surface area contributed by atoms with E-state index in [4.69, 9.17) is 10.5 Å². The van der Waals surface area contributed by atoms with Crippen molar-refractivity contribution < 1.29 is 23.5 Å². The SMILES string of the molecule is CCC(=O)N1CCN(C[C@H](Oc2ccc(C(=O)N[C@@H](Cc3ccccc3)C(N)=O)cc2)c2ccc(C)c(F)c2)C[C@H]1C. The van der Waals surface area contributed by atoms with E-state index in [0.29, 0.717) is 55.0 Å². The molecule has 42 heavy (non-hydrogen) atoms. The second-order valence-electron chi connectivity index (χ2n) is 10.8. The molecule has 0 saturated carbocycles. The molecule has 1 aliphatic rings. The highest BCUT2D eigenvalue weighted by Gasteiger charge is 2.29. The van der Waals surface area contributed by atoms with E-state index in [1.807, 2.05) is 55.1 Å². The van der Waals surface area contributed by atoms with Gasteiger partial charge in [-0.15, -0.1) is 0 Å². The smallest absolute Gasteiger partial charge is 0.251 e. The molecule has 1 saturated heterocycles. The Bertz CT molecular complexity index is 1380. The van der Waals surface area contributed by atoms with Crippen molar-refractivity contribution in [3.8, 4) is 5.75 Å². The lowest BCUT2D eigenvalue weighted by molar-refractivity contribution is -0.135. The number of amides is 3. The van der Waals surface area contributed by atoms with E-state index in [9.17, 15) is 18.8 Å². The van der Waals surface area contributed by atoms with Crippen LogP contribution in [0.4, 0.5) is 4.39 Å². The number of carbonyl (C=O) groups is 3. The van der Waals surface area contributed by atoms with Crippen molar-refractivity contribution in [2.75, 3.05) is 26.2 Å². The highest BCUT2D eigenvalue weighted by atomic mass is 19.1. The van der Waals surface area contributed by atoms with Gasteiger partial charge < -0.3 is 20.7 Å². The van der Waals surface area contributed by atoms with Crippen LogP contribution >= 0.6 is 0 Å². The van der Waals surface area contributed by atoms with E-state index in [0.717, 1.165) is 5.56 Å². The normalized spacial score (nSPS) is 16.9. The Labute approximate surface area is 246 Å². The van der Waals surface area contributed by atoms with Crippen LogP contribution in [0.3, 0.4) is 0 Å². The maximum Gasteiger partial charge on any atom is 0.251 e. The first-order valence-electron chi connectivity index (χ1n) is 14.3. The number of hydrogen-bond acceptors (Lipinski definition) is 5. The summed E-state index contributed by atoms with van der Waals surface area (Å²) in [5.41, 5.74) is 8.04. The van der Waals surface area contributed by atoms with Gasteiger partial charge in [-0.2, -0.15) is 0 Å². The first kappa shape index (κ1) is 30.7. The maximum absolute atomic E-state index is 14.5. The number of benzene rings is 3. The fourth-order valence-electron chi connectivity index (χ4n) is 5.19. The van der Waals surface area contributed by atoms with Crippen LogP contribution in [0.1, 0.15) is 53.4 Å². The van der Waals surface area contributed by atoms with Crippen LogP contribution in [0, 0.1) is 12.7 Å². The molecule has 0 aliphatic carbocycles. The van der Waals surface area contributed by atoms with Crippen LogP contribution in [-0.2, 0) is 16.0 Å². The summed E-state index contributed by atoms with van der Waals surface area (Å²) in [7, 11) is 0. The minimum Gasteiger partial charge on any atom is -0.484 e. The Kier molecular flexibility index (Phi) is 10.3. The Morgan fingerprint density at radius 2 is 1.76 bits per heavy atom. The number of nitrogens with zero attached hydrogens (tertiary/aromatic N) is 2. The Morgan fingerprint density at radius 3 is 2.38 bits per heavy atom. The predicted octanol–water partition coefficient (Wildman–Crippen LogP) is 4.02. The molecule has 1 fully saturated rings. The van der Waals surface area contributed by atoms with Crippen molar-refractivity contribution in [2.45, 2.75) is 51.8 Å². The zero-order valence-electron chi connectivity index (χ0n) is 24.4. The molecule has 3 N–H and O–H groups in total. The Morgan fingerprint density at radius 1 is 1.05 bits per heavy atom. The summed E-state index contributed by atoms with van der Waals surface area (Å²) < 4.78 is 20.9. The van der Waals surface area contributed by atoms with Crippen LogP contribution in [0.5, 0.6) is 5.75 Å². The van der Waals surface area contributed by atoms with Crippen LogP contribution in [0.15, 0.2) is 72.8 Å². The fourth-order valence-corrected chi connectivity index (χ4v) is 5.19. The van der Waals surface area contributed by atoms with E-state index in [1.54, 1.807) is 37.3 Å². The molecule has 0 radical (unpaired) electrons. The number of primary amides is 1. The van der Waals surface area contributed by atoms with Crippen LogP contribution in [0.2, 0.25) is 0 Å². The summed E-state index contributed by atoms with van der Waals surface area (Å²) in [6.45, 7) is 8.12. The van der Waals surface area contributed by atoms with Crippen molar-refractivity contribution in [1.82, 2.24) is 15.1 Å². The minimum atomic E-state index is -0.855. The largest absolute Gasteiger partial charge is 0.484 e. The molecule has 1 heterocycles. The van der Waals surface area contributed by atoms with Gasteiger partial charge in [-0.3, -0.25) is 19.3 Å². The molecule has 0 unspecified atom stereocenters. The van der Waals surface area contributed by atoms with Crippen LogP contribution in [0.25, 0.3) is 0 Å². The summed E-state index contributed by atoms with van der Waals surface area (Å²) in [5.74, 6) is -0.691. The summed E-state index contributed by atoms with van der Waals surface area (Å²) in [6.07, 6.45) is 0.283. The summed E-state index contributed by atoms with van der Waals surface area (Å²) in [4.78, 5) is 41.4. The van der Waals surface area contributed by atoms with Gasteiger partial charge in [0.05, 0.1) is 0 Å². The molecule has 9 heteroatoms. The zero-order chi connectivity index (χ0) is 30.2. The van der Waals surface area contributed by atoms with Gasteiger partial charge in [0.2, 0.25) is 11.8 Å². The summed E-state index contributed by atoms with van der Waals surface area (Å²) >= 11 is 0. The van der Waals surface area contributed by atoms with Crippen molar-refractivity contribution in [3.05, 3.63) is 101 Å². The first-order valence-corrected chi connectivity index (χ1v) is 14.3. The molecule has 0 aromatic heterocycles. The van der Waals surface area contributed by atoms with E-state index in [-0.39, 0.29) is 24.2 Å². The highest BCUT2D eigenvalue weighted by Crippen LogP contribution is 2.26. The van der Waals surface area contributed by atoms with Gasteiger partial charge in [0.15, 0.2) is 0 Å². The molecule has 222 valence electrons. The third-order valence-electron chi connectivity index (χ3n) is 7.65. The molecule has 3 aromatic rings. The number of aryl methyl sites for hydroxylation is 1. The number of carbonyl (C=O) groups excluding carboxylic acids is 3. The third-order valence-corrected chi connectivity index (χ3v) is 7.65. The minimum absolute atomic E-state index is 0.0607. The van der Waals surface area contributed by atoms with E-state index < -0.39 is 24.0 Å². The van der Waals surface area contributed by atoms with Crippen molar-refractivity contribution in [2.24, 2.45) is 5.73 Å². The predicted molar refractivity (Wildman–Crippen MR) is 159 cm³/mol. The molecule has 0 spiro atoms. The van der Waals surface area contributed by atoms with Gasteiger partial charge in [0, 0.05) is 50.6 Å². The molecular formula is C33H39FN4O4. The lowest BCUT2D eigenvalue weighted by Crippen LogP contribution is -2.54. The molecule has 3 amide bonds. The quantitative estimate of drug-likeness (QED) is 0.360.